The van der Waals surface area contributed by atoms with E-state index in [1.807, 2.05) is 63.2 Å². The maximum absolute atomic E-state index is 13.3. The van der Waals surface area contributed by atoms with Gasteiger partial charge in [0.2, 0.25) is 0 Å². The van der Waals surface area contributed by atoms with E-state index in [0.29, 0.717) is 17.5 Å². The zero-order valence-electron chi connectivity index (χ0n) is 18.2. The second-order valence-corrected chi connectivity index (χ2v) is 8.80. The number of benzene rings is 1. The van der Waals surface area contributed by atoms with Gasteiger partial charge in [-0.05, 0) is 75.9 Å². The Morgan fingerprint density at radius 1 is 1.16 bits per heavy atom. The minimum absolute atomic E-state index is 0.325. The number of pyridine rings is 1. The quantitative estimate of drug-likeness (QED) is 0.617. The van der Waals surface area contributed by atoms with E-state index in [0.717, 1.165) is 34.4 Å². The summed E-state index contributed by atoms with van der Waals surface area (Å²) < 4.78 is 11.1. The van der Waals surface area contributed by atoms with Gasteiger partial charge in [0.25, 0.3) is 5.91 Å². The third-order valence-corrected chi connectivity index (χ3v) is 5.16. The summed E-state index contributed by atoms with van der Waals surface area (Å²) in [6.07, 6.45) is 4.10. The smallest absolute Gasteiger partial charge is 0.339 e. The van der Waals surface area contributed by atoms with Crippen molar-refractivity contribution in [2.75, 3.05) is 0 Å². The molecule has 0 spiro atoms. The van der Waals surface area contributed by atoms with Crippen LogP contribution in [0.15, 0.2) is 47.1 Å². The molecule has 0 saturated heterocycles. The summed E-state index contributed by atoms with van der Waals surface area (Å²) in [7, 11) is 0. The fourth-order valence-corrected chi connectivity index (χ4v) is 3.80. The van der Waals surface area contributed by atoms with Gasteiger partial charge in [0.1, 0.15) is 5.76 Å². The van der Waals surface area contributed by atoms with Crippen LogP contribution >= 0.6 is 0 Å². The number of aromatic nitrogens is 1. The summed E-state index contributed by atoms with van der Waals surface area (Å²) in [5.74, 6) is -0.0886. The highest BCUT2D eigenvalue weighted by molar-refractivity contribution is 6.07. The van der Waals surface area contributed by atoms with Gasteiger partial charge in [-0.3, -0.25) is 4.79 Å². The molecule has 1 aliphatic rings. The second-order valence-electron chi connectivity index (χ2n) is 8.80. The highest BCUT2D eigenvalue weighted by Gasteiger charge is 2.30. The Hall–Kier alpha value is -3.41. The number of ether oxygens (including phenoxy) is 1. The number of carbonyl (C=O) groups excluding carboxylic acids is 2. The van der Waals surface area contributed by atoms with Crippen molar-refractivity contribution in [1.29, 1.82) is 0 Å². The number of rotatable bonds is 4. The minimum atomic E-state index is -0.908. The predicted octanol–water partition coefficient (Wildman–Crippen LogP) is 4.77. The van der Waals surface area contributed by atoms with Crippen molar-refractivity contribution in [1.82, 2.24) is 10.3 Å². The Morgan fingerprint density at radius 2 is 1.94 bits per heavy atom. The summed E-state index contributed by atoms with van der Waals surface area (Å²) in [4.78, 5) is 30.5. The molecule has 1 aromatic carbocycles. The molecule has 0 bridgehead atoms. The first-order valence-corrected chi connectivity index (χ1v) is 10.4. The van der Waals surface area contributed by atoms with Crippen molar-refractivity contribution < 1.29 is 18.7 Å². The molecule has 1 amide bonds. The van der Waals surface area contributed by atoms with E-state index in [1.54, 1.807) is 13.2 Å². The molecule has 0 fully saturated rings. The summed E-state index contributed by atoms with van der Waals surface area (Å²) >= 11 is 0. The van der Waals surface area contributed by atoms with Crippen LogP contribution < -0.4 is 5.32 Å². The standard InChI is InChI=1S/C25H26N2O4/c1-15(23(28)27-25(2,3)4)31-24(29)21-18-9-5-6-10-20(18)26-22-16(11-12-19(21)22)14-17-8-7-13-30-17/h5-10,13-15H,11-12H2,1-4H3,(H,27,28)/b16-14+/t15-/m0/s1. The average Bonchev–Trinajstić information content (AvgIpc) is 3.35. The summed E-state index contributed by atoms with van der Waals surface area (Å²) in [6, 6.07) is 11.2. The molecule has 6 heteroatoms. The highest BCUT2D eigenvalue weighted by atomic mass is 16.5. The van der Waals surface area contributed by atoms with Crippen molar-refractivity contribution in [2.24, 2.45) is 0 Å². The lowest BCUT2D eigenvalue weighted by atomic mass is 10.0. The molecule has 0 saturated carbocycles. The Morgan fingerprint density at radius 3 is 2.65 bits per heavy atom. The van der Waals surface area contributed by atoms with Crippen LogP contribution in [0.2, 0.25) is 0 Å². The Bertz CT molecular complexity index is 1170. The lowest BCUT2D eigenvalue weighted by Crippen LogP contribution is -2.46. The predicted molar refractivity (Wildman–Crippen MR) is 119 cm³/mol. The van der Waals surface area contributed by atoms with E-state index in [-0.39, 0.29) is 5.91 Å². The Kier molecular flexibility index (Phi) is 5.39. The van der Waals surface area contributed by atoms with Crippen LogP contribution in [0.1, 0.15) is 61.5 Å². The van der Waals surface area contributed by atoms with E-state index in [4.69, 9.17) is 14.1 Å². The lowest BCUT2D eigenvalue weighted by molar-refractivity contribution is -0.130. The number of esters is 1. The maximum atomic E-state index is 13.3. The van der Waals surface area contributed by atoms with Crippen molar-refractivity contribution >= 4 is 34.4 Å². The molecule has 0 aliphatic heterocycles. The number of hydrogen-bond donors (Lipinski definition) is 1. The molecule has 1 atom stereocenters. The van der Waals surface area contributed by atoms with Gasteiger partial charge in [0, 0.05) is 10.9 Å². The number of allylic oxidation sites excluding steroid dienone is 1. The molecule has 3 aromatic rings. The van der Waals surface area contributed by atoms with Crippen molar-refractivity contribution in [3.8, 4) is 0 Å². The first-order chi connectivity index (χ1) is 14.7. The SMILES string of the molecule is C[C@H](OC(=O)c1c2c(nc3ccccc13)/C(=C/c1ccco1)CC2)C(=O)NC(C)(C)C. The van der Waals surface area contributed by atoms with Gasteiger partial charge >= 0.3 is 5.97 Å². The van der Waals surface area contributed by atoms with Gasteiger partial charge in [-0.15, -0.1) is 0 Å². The van der Waals surface area contributed by atoms with Gasteiger partial charge in [-0.25, -0.2) is 9.78 Å². The van der Waals surface area contributed by atoms with E-state index >= 15 is 0 Å². The molecular formula is C25H26N2O4. The van der Waals surface area contributed by atoms with Gasteiger partial charge in [0.05, 0.1) is 23.0 Å². The van der Waals surface area contributed by atoms with E-state index in [1.165, 1.54) is 0 Å². The number of para-hydroxylation sites is 1. The fourth-order valence-electron chi connectivity index (χ4n) is 3.80. The summed E-state index contributed by atoms with van der Waals surface area (Å²) in [5.41, 5.74) is 3.45. The van der Waals surface area contributed by atoms with Crippen LogP contribution in [-0.4, -0.2) is 28.5 Å². The first kappa shape index (κ1) is 20.8. The second kappa shape index (κ2) is 8.02. The van der Waals surface area contributed by atoms with Crippen LogP contribution in [0.5, 0.6) is 0 Å². The van der Waals surface area contributed by atoms with Crippen molar-refractivity contribution in [3.05, 3.63) is 65.2 Å². The number of furan rings is 1. The molecule has 6 nitrogen and oxygen atoms in total. The third-order valence-electron chi connectivity index (χ3n) is 5.16. The maximum Gasteiger partial charge on any atom is 0.339 e. The molecule has 1 aliphatic carbocycles. The van der Waals surface area contributed by atoms with E-state index < -0.39 is 17.6 Å². The molecule has 2 heterocycles. The molecule has 31 heavy (non-hydrogen) atoms. The van der Waals surface area contributed by atoms with Gasteiger partial charge in [-0.2, -0.15) is 0 Å². The zero-order chi connectivity index (χ0) is 22.2. The molecule has 0 unspecified atom stereocenters. The van der Waals surface area contributed by atoms with Gasteiger partial charge in [-0.1, -0.05) is 18.2 Å². The summed E-state index contributed by atoms with van der Waals surface area (Å²) in [5, 5.41) is 3.58. The normalized spacial score (nSPS) is 15.7. The van der Waals surface area contributed by atoms with Gasteiger partial charge in [0.15, 0.2) is 6.10 Å². The molecule has 4 rings (SSSR count). The first-order valence-electron chi connectivity index (χ1n) is 10.4. The fraction of sp³-hybridized carbons (Fsp3) is 0.320. The van der Waals surface area contributed by atoms with Crippen LogP contribution in [0.25, 0.3) is 22.6 Å². The molecule has 1 N–H and O–H groups in total. The summed E-state index contributed by atoms with van der Waals surface area (Å²) in [6.45, 7) is 7.24. The third kappa shape index (κ3) is 4.38. The van der Waals surface area contributed by atoms with E-state index in [9.17, 15) is 9.59 Å². The largest absolute Gasteiger partial charge is 0.465 e. The molecule has 2 aromatic heterocycles. The van der Waals surface area contributed by atoms with Crippen LogP contribution in [0, 0.1) is 0 Å². The number of hydrogen-bond acceptors (Lipinski definition) is 5. The Labute approximate surface area is 181 Å². The molecule has 0 radical (unpaired) electrons. The topological polar surface area (TPSA) is 81.4 Å². The lowest BCUT2D eigenvalue weighted by Gasteiger charge is -2.23. The zero-order valence-corrected chi connectivity index (χ0v) is 18.2. The molecular weight excluding hydrogens is 392 g/mol. The number of nitrogens with one attached hydrogen (secondary N) is 1. The van der Waals surface area contributed by atoms with Crippen LogP contribution in [-0.2, 0) is 16.0 Å². The molecule has 160 valence electrons. The average molecular weight is 418 g/mol. The van der Waals surface area contributed by atoms with Crippen molar-refractivity contribution in [3.63, 3.8) is 0 Å². The van der Waals surface area contributed by atoms with Crippen LogP contribution in [0.3, 0.4) is 0 Å². The van der Waals surface area contributed by atoms with Crippen molar-refractivity contribution in [2.45, 2.75) is 52.2 Å². The monoisotopic (exact) mass is 418 g/mol. The highest BCUT2D eigenvalue weighted by Crippen LogP contribution is 2.38. The number of amides is 1. The van der Waals surface area contributed by atoms with Crippen LogP contribution in [0.4, 0.5) is 0 Å². The number of nitrogens with zero attached hydrogens (tertiary/aromatic N) is 1. The Balaban J connectivity index is 1.72. The van der Waals surface area contributed by atoms with E-state index in [2.05, 4.69) is 5.32 Å². The minimum Gasteiger partial charge on any atom is -0.465 e. The van der Waals surface area contributed by atoms with Gasteiger partial charge < -0.3 is 14.5 Å². The number of fused-ring (bicyclic) bond motifs is 2. The number of carbonyl (C=O) groups is 2.